The van der Waals surface area contributed by atoms with Crippen molar-refractivity contribution in [3.05, 3.63) is 0 Å². The zero-order chi connectivity index (χ0) is 11.1. The third-order valence-corrected chi connectivity index (χ3v) is 3.22. The first-order valence-electron chi connectivity index (χ1n) is 6.32. The van der Waals surface area contributed by atoms with Crippen molar-refractivity contribution < 1.29 is 4.79 Å². The van der Waals surface area contributed by atoms with Crippen molar-refractivity contribution in [2.24, 2.45) is 5.92 Å². The number of urea groups is 1. The van der Waals surface area contributed by atoms with Crippen LogP contribution in [0.15, 0.2) is 0 Å². The second-order valence-electron chi connectivity index (χ2n) is 4.44. The van der Waals surface area contributed by atoms with Gasteiger partial charge in [-0.15, -0.1) is 0 Å². The number of rotatable bonds is 4. The van der Waals surface area contributed by atoms with Crippen molar-refractivity contribution in [2.45, 2.75) is 58.4 Å². The molecule has 0 aromatic rings. The minimum atomic E-state index is 0.00510. The minimum absolute atomic E-state index is 0.00510. The molecule has 1 rings (SSSR count). The number of hydrogen-bond acceptors (Lipinski definition) is 1. The fourth-order valence-electron chi connectivity index (χ4n) is 2.49. The molecule has 2 atom stereocenters. The largest absolute Gasteiger partial charge is 0.338 e. The first kappa shape index (κ1) is 12.3. The monoisotopic (exact) mass is 212 g/mol. The smallest absolute Gasteiger partial charge is 0.315 e. The van der Waals surface area contributed by atoms with E-state index in [1.54, 1.807) is 0 Å². The van der Waals surface area contributed by atoms with Gasteiger partial charge in [-0.1, -0.05) is 26.2 Å². The molecule has 2 amide bonds. The van der Waals surface area contributed by atoms with E-state index in [0.717, 1.165) is 6.42 Å². The molecule has 0 heterocycles. The molecular weight excluding hydrogens is 188 g/mol. The van der Waals surface area contributed by atoms with E-state index in [2.05, 4.69) is 17.6 Å². The first-order valence-corrected chi connectivity index (χ1v) is 6.32. The summed E-state index contributed by atoms with van der Waals surface area (Å²) < 4.78 is 0. The van der Waals surface area contributed by atoms with Crippen molar-refractivity contribution in [1.29, 1.82) is 0 Å². The molecule has 88 valence electrons. The fourth-order valence-corrected chi connectivity index (χ4v) is 2.49. The normalized spacial score (nSPS) is 26.0. The Morgan fingerprint density at radius 1 is 1.27 bits per heavy atom. The molecule has 0 bridgehead atoms. The van der Waals surface area contributed by atoms with E-state index >= 15 is 0 Å². The van der Waals surface area contributed by atoms with Crippen LogP contribution in [-0.4, -0.2) is 18.6 Å². The maximum atomic E-state index is 11.4. The van der Waals surface area contributed by atoms with Crippen LogP contribution in [0.2, 0.25) is 0 Å². The lowest BCUT2D eigenvalue weighted by molar-refractivity contribution is 0.214. The lowest BCUT2D eigenvalue weighted by Crippen LogP contribution is -2.46. The Morgan fingerprint density at radius 3 is 2.67 bits per heavy atom. The van der Waals surface area contributed by atoms with Gasteiger partial charge in [0.05, 0.1) is 0 Å². The molecule has 0 saturated heterocycles. The summed E-state index contributed by atoms with van der Waals surface area (Å²) in [5.74, 6) is 0.700. The highest BCUT2D eigenvalue weighted by molar-refractivity contribution is 5.74. The predicted octanol–water partition coefficient (Wildman–Crippen LogP) is 2.66. The molecule has 0 radical (unpaired) electrons. The van der Waals surface area contributed by atoms with Crippen LogP contribution >= 0.6 is 0 Å². The van der Waals surface area contributed by atoms with Gasteiger partial charge in [-0.2, -0.15) is 0 Å². The van der Waals surface area contributed by atoms with Crippen LogP contribution in [0.1, 0.15) is 52.4 Å². The van der Waals surface area contributed by atoms with Crippen molar-refractivity contribution in [3.8, 4) is 0 Å². The van der Waals surface area contributed by atoms with Gasteiger partial charge >= 0.3 is 6.03 Å². The lowest BCUT2D eigenvalue weighted by Gasteiger charge is -2.32. The van der Waals surface area contributed by atoms with Crippen LogP contribution in [0.3, 0.4) is 0 Å². The number of hydrogen-bond donors (Lipinski definition) is 2. The van der Waals surface area contributed by atoms with E-state index in [0.29, 0.717) is 18.5 Å². The Morgan fingerprint density at radius 2 is 2.00 bits per heavy atom. The van der Waals surface area contributed by atoms with Crippen LogP contribution in [0.4, 0.5) is 4.79 Å². The van der Waals surface area contributed by atoms with Crippen molar-refractivity contribution in [2.75, 3.05) is 6.54 Å². The summed E-state index contributed by atoms with van der Waals surface area (Å²) in [4.78, 5) is 11.4. The number of carbonyl (C=O) groups excluding carboxylic acids is 1. The average molecular weight is 212 g/mol. The zero-order valence-electron chi connectivity index (χ0n) is 10.0. The van der Waals surface area contributed by atoms with Gasteiger partial charge in [0.2, 0.25) is 0 Å². The van der Waals surface area contributed by atoms with E-state index in [1.807, 2.05) is 6.92 Å². The van der Waals surface area contributed by atoms with E-state index in [1.165, 1.54) is 32.1 Å². The Labute approximate surface area is 93.0 Å². The van der Waals surface area contributed by atoms with Gasteiger partial charge in [0, 0.05) is 12.6 Å². The quantitative estimate of drug-likeness (QED) is 0.739. The van der Waals surface area contributed by atoms with E-state index in [9.17, 15) is 4.79 Å². The van der Waals surface area contributed by atoms with Gasteiger partial charge in [-0.05, 0) is 32.1 Å². The maximum Gasteiger partial charge on any atom is 0.315 e. The maximum absolute atomic E-state index is 11.4. The van der Waals surface area contributed by atoms with Crippen molar-refractivity contribution in [1.82, 2.24) is 10.6 Å². The highest BCUT2D eigenvalue weighted by atomic mass is 16.2. The summed E-state index contributed by atoms with van der Waals surface area (Å²) in [6.07, 6.45) is 7.50. The molecule has 0 aromatic heterocycles. The van der Waals surface area contributed by atoms with Gasteiger partial charge < -0.3 is 10.6 Å². The Hall–Kier alpha value is -0.730. The Kier molecular flexibility index (Phi) is 5.51. The summed E-state index contributed by atoms with van der Waals surface area (Å²) in [6.45, 7) is 4.87. The number of amides is 2. The second kappa shape index (κ2) is 6.70. The Bertz CT molecular complexity index is 192. The molecular formula is C12H24N2O. The number of nitrogens with one attached hydrogen (secondary N) is 2. The minimum Gasteiger partial charge on any atom is -0.338 e. The van der Waals surface area contributed by atoms with E-state index < -0.39 is 0 Å². The summed E-state index contributed by atoms with van der Waals surface area (Å²) in [5, 5.41) is 5.91. The molecule has 1 aliphatic carbocycles. The summed E-state index contributed by atoms with van der Waals surface area (Å²) in [5.41, 5.74) is 0. The first-order chi connectivity index (χ1) is 7.27. The molecule has 1 fully saturated rings. The summed E-state index contributed by atoms with van der Waals surface area (Å²) in [7, 11) is 0. The third kappa shape index (κ3) is 4.10. The second-order valence-corrected chi connectivity index (χ2v) is 4.44. The standard InChI is InChI=1S/C12H24N2O/c1-3-7-10-8-5-6-9-11(10)14-12(15)13-4-2/h10-11H,3-9H2,1-2H3,(H2,13,14,15)/t10-,11-/m1/s1. The van der Waals surface area contributed by atoms with Crippen LogP contribution in [0.5, 0.6) is 0 Å². The zero-order valence-corrected chi connectivity index (χ0v) is 10.0. The Balaban J connectivity index is 2.38. The lowest BCUT2D eigenvalue weighted by atomic mass is 9.82. The summed E-state index contributed by atoms with van der Waals surface area (Å²) in [6, 6.07) is 0.413. The molecule has 0 unspecified atom stereocenters. The topological polar surface area (TPSA) is 41.1 Å². The van der Waals surface area contributed by atoms with Gasteiger partial charge in [-0.3, -0.25) is 0 Å². The van der Waals surface area contributed by atoms with Gasteiger partial charge in [0.15, 0.2) is 0 Å². The molecule has 3 nitrogen and oxygen atoms in total. The predicted molar refractivity (Wildman–Crippen MR) is 62.9 cm³/mol. The van der Waals surface area contributed by atoms with Crippen LogP contribution in [0, 0.1) is 5.92 Å². The molecule has 0 spiro atoms. The molecule has 1 aliphatic rings. The van der Waals surface area contributed by atoms with Crippen LogP contribution in [0.25, 0.3) is 0 Å². The molecule has 0 aliphatic heterocycles. The van der Waals surface area contributed by atoms with Crippen LogP contribution in [-0.2, 0) is 0 Å². The van der Waals surface area contributed by atoms with Gasteiger partial charge in [-0.25, -0.2) is 4.79 Å². The number of carbonyl (C=O) groups is 1. The van der Waals surface area contributed by atoms with Gasteiger partial charge in [0.25, 0.3) is 0 Å². The van der Waals surface area contributed by atoms with E-state index in [-0.39, 0.29) is 6.03 Å². The molecule has 15 heavy (non-hydrogen) atoms. The SMILES string of the molecule is CCC[C@@H]1CCCC[C@H]1NC(=O)NCC. The molecule has 3 heteroatoms. The van der Waals surface area contributed by atoms with Crippen molar-refractivity contribution >= 4 is 6.03 Å². The highest BCUT2D eigenvalue weighted by Crippen LogP contribution is 2.27. The van der Waals surface area contributed by atoms with Crippen molar-refractivity contribution in [3.63, 3.8) is 0 Å². The van der Waals surface area contributed by atoms with Gasteiger partial charge in [0.1, 0.15) is 0 Å². The third-order valence-electron chi connectivity index (χ3n) is 3.22. The van der Waals surface area contributed by atoms with E-state index in [4.69, 9.17) is 0 Å². The summed E-state index contributed by atoms with van der Waals surface area (Å²) >= 11 is 0. The molecule has 0 aromatic carbocycles. The van der Waals surface area contributed by atoms with Crippen LogP contribution < -0.4 is 10.6 Å². The average Bonchev–Trinajstić information content (AvgIpc) is 2.21. The molecule has 1 saturated carbocycles. The fraction of sp³-hybridized carbons (Fsp3) is 0.917. The molecule has 2 N–H and O–H groups in total. The highest BCUT2D eigenvalue weighted by Gasteiger charge is 2.25.